The molecule has 140 valence electrons. The summed E-state index contributed by atoms with van der Waals surface area (Å²) in [5.41, 5.74) is 5.11. The number of nitrogens with one attached hydrogen (secondary N) is 1. The smallest absolute Gasteiger partial charge is 0.160 e. The average Bonchev–Trinajstić information content (AvgIpc) is 3.33. The molecule has 0 atom stereocenters. The molecule has 0 saturated heterocycles. The molecule has 1 aliphatic heterocycles. The lowest BCUT2D eigenvalue weighted by Crippen LogP contribution is -2.07. The quantitative estimate of drug-likeness (QED) is 0.576. The van der Waals surface area contributed by atoms with E-state index < -0.39 is 0 Å². The number of fused-ring (bicyclic) bond motifs is 2. The molecule has 5 rings (SSSR count). The summed E-state index contributed by atoms with van der Waals surface area (Å²) < 4.78 is 21.7. The van der Waals surface area contributed by atoms with Gasteiger partial charge in [-0.2, -0.15) is 9.61 Å². The maximum Gasteiger partial charge on any atom is 0.160 e. The molecule has 2 aromatic carbocycles. The van der Waals surface area contributed by atoms with Gasteiger partial charge in [0.15, 0.2) is 5.65 Å². The Bertz CT molecular complexity index is 1180. The number of anilines is 1. The van der Waals surface area contributed by atoms with Crippen molar-refractivity contribution >= 4 is 11.5 Å². The van der Waals surface area contributed by atoms with Crippen molar-refractivity contribution in [3.05, 3.63) is 77.2 Å². The highest BCUT2D eigenvalue weighted by Gasteiger charge is 2.14. The first-order valence-corrected chi connectivity index (χ1v) is 9.28. The average molecular weight is 374 g/mol. The molecule has 0 amide bonds. The highest BCUT2D eigenvalue weighted by Crippen LogP contribution is 2.28. The number of ether oxygens (including phenoxy) is 1. The van der Waals surface area contributed by atoms with Crippen LogP contribution in [0.2, 0.25) is 0 Å². The van der Waals surface area contributed by atoms with E-state index in [1.54, 1.807) is 22.8 Å². The topological polar surface area (TPSA) is 51.5 Å². The first kappa shape index (κ1) is 16.7. The summed E-state index contributed by atoms with van der Waals surface area (Å²) in [5.74, 6) is 1.45. The minimum absolute atomic E-state index is 0.291. The predicted octanol–water partition coefficient (Wildman–Crippen LogP) is 4.39. The SMILES string of the molecule is Cc1cnn2c(NCc3ccc4c(c3)CCO4)cc(-c3ccccc3F)nc12. The highest BCUT2D eigenvalue weighted by atomic mass is 19.1. The summed E-state index contributed by atoms with van der Waals surface area (Å²) >= 11 is 0. The Morgan fingerprint density at radius 3 is 2.96 bits per heavy atom. The van der Waals surface area contributed by atoms with Gasteiger partial charge in [-0.25, -0.2) is 9.37 Å². The van der Waals surface area contributed by atoms with Crippen LogP contribution in [0.25, 0.3) is 16.9 Å². The monoisotopic (exact) mass is 374 g/mol. The van der Waals surface area contributed by atoms with Gasteiger partial charge >= 0.3 is 0 Å². The van der Waals surface area contributed by atoms with Gasteiger partial charge in [-0.3, -0.25) is 0 Å². The van der Waals surface area contributed by atoms with Crippen molar-refractivity contribution in [3.63, 3.8) is 0 Å². The van der Waals surface area contributed by atoms with E-state index in [9.17, 15) is 4.39 Å². The van der Waals surface area contributed by atoms with Crippen LogP contribution in [-0.4, -0.2) is 21.2 Å². The van der Waals surface area contributed by atoms with Gasteiger partial charge in [0.2, 0.25) is 0 Å². The molecule has 3 heterocycles. The molecule has 0 radical (unpaired) electrons. The van der Waals surface area contributed by atoms with E-state index in [-0.39, 0.29) is 5.82 Å². The molecular weight excluding hydrogens is 355 g/mol. The number of hydrogen-bond acceptors (Lipinski definition) is 4. The number of hydrogen-bond donors (Lipinski definition) is 1. The van der Waals surface area contributed by atoms with Crippen LogP contribution in [0.4, 0.5) is 10.2 Å². The van der Waals surface area contributed by atoms with Crippen LogP contribution in [0.3, 0.4) is 0 Å². The number of halogens is 1. The Labute approximate surface area is 161 Å². The lowest BCUT2D eigenvalue weighted by Gasteiger charge is -2.12. The second-order valence-electron chi connectivity index (χ2n) is 6.96. The van der Waals surface area contributed by atoms with E-state index >= 15 is 0 Å². The summed E-state index contributed by atoms with van der Waals surface area (Å²) in [6.07, 6.45) is 2.71. The molecule has 0 aliphatic carbocycles. The maximum atomic E-state index is 14.3. The maximum absolute atomic E-state index is 14.3. The summed E-state index contributed by atoms with van der Waals surface area (Å²) in [6, 6.07) is 14.8. The van der Waals surface area contributed by atoms with E-state index in [4.69, 9.17) is 4.74 Å². The van der Waals surface area contributed by atoms with Crippen LogP contribution in [0.1, 0.15) is 16.7 Å². The Morgan fingerprint density at radius 1 is 1.18 bits per heavy atom. The van der Waals surface area contributed by atoms with Gasteiger partial charge in [0.05, 0.1) is 18.5 Å². The van der Waals surface area contributed by atoms with Crippen LogP contribution in [0, 0.1) is 12.7 Å². The van der Waals surface area contributed by atoms with Crippen LogP contribution in [0.15, 0.2) is 54.7 Å². The molecule has 0 bridgehead atoms. The van der Waals surface area contributed by atoms with E-state index in [2.05, 4.69) is 27.5 Å². The van der Waals surface area contributed by atoms with Crippen molar-refractivity contribution in [1.82, 2.24) is 14.6 Å². The summed E-state index contributed by atoms with van der Waals surface area (Å²) in [6.45, 7) is 3.32. The van der Waals surface area contributed by atoms with Crippen molar-refractivity contribution in [2.75, 3.05) is 11.9 Å². The second-order valence-corrected chi connectivity index (χ2v) is 6.96. The van der Waals surface area contributed by atoms with Gasteiger partial charge < -0.3 is 10.1 Å². The normalized spacial score (nSPS) is 12.8. The van der Waals surface area contributed by atoms with E-state index in [0.717, 1.165) is 35.7 Å². The molecule has 0 fully saturated rings. The molecular formula is C22H19FN4O. The lowest BCUT2D eigenvalue weighted by molar-refractivity contribution is 0.357. The van der Waals surface area contributed by atoms with Crippen molar-refractivity contribution in [3.8, 4) is 17.0 Å². The number of nitrogens with zero attached hydrogens (tertiary/aromatic N) is 3. The van der Waals surface area contributed by atoms with E-state index in [1.165, 1.54) is 11.6 Å². The van der Waals surface area contributed by atoms with Gasteiger partial charge in [0.25, 0.3) is 0 Å². The first-order chi connectivity index (χ1) is 13.7. The molecule has 4 aromatic rings. The molecule has 0 unspecified atom stereocenters. The Kier molecular flexibility index (Phi) is 3.97. The number of rotatable bonds is 4. The number of aryl methyl sites for hydroxylation is 1. The van der Waals surface area contributed by atoms with Crippen LogP contribution in [0.5, 0.6) is 5.75 Å². The third-order valence-electron chi connectivity index (χ3n) is 5.03. The van der Waals surface area contributed by atoms with E-state index in [0.29, 0.717) is 23.4 Å². The number of benzene rings is 2. The van der Waals surface area contributed by atoms with Gasteiger partial charge in [-0.05, 0) is 36.2 Å². The fraction of sp³-hybridized carbons (Fsp3) is 0.182. The third kappa shape index (κ3) is 2.87. The molecule has 1 aliphatic rings. The zero-order chi connectivity index (χ0) is 19.1. The minimum Gasteiger partial charge on any atom is -0.493 e. The van der Waals surface area contributed by atoms with Crippen LogP contribution >= 0.6 is 0 Å². The fourth-order valence-corrected chi connectivity index (χ4v) is 3.55. The largest absolute Gasteiger partial charge is 0.493 e. The van der Waals surface area contributed by atoms with Gasteiger partial charge in [-0.15, -0.1) is 0 Å². The zero-order valence-corrected chi connectivity index (χ0v) is 15.4. The standard InChI is InChI=1S/C22H19FN4O/c1-14-12-25-27-21(24-13-15-6-7-20-16(10-15)8-9-28-20)11-19(26-22(14)27)17-4-2-3-5-18(17)23/h2-7,10-12,24H,8-9,13H2,1H3. The molecule has 6 heteroatoms. The minimum atomic E-state index is -0.291. The summed E-state index contributed by atoms with van der Waals surface area (Å²) in [7, 11) is 0. The molecule has 1 N–H and O–H groups in total. The van der Waals surface area contributed by atoms with Gasteiger partial charge in [-0.1, -0.05) is 24.3 Å². The van der Waals surface area contributed by atoms with Crippen LogP contribution < -0.4 is 10.1 Å². The van der Waals surface area contributed by atoms with Crippen molar-refractivity contribution < 1.29 is 9.13 Å². The van der Waals surface area contributed by atoms with E-state index in [1.807, 2.05) is 25.1 Å². The summed E-state index contributed by atoms with van der Waals surface area (Å²) in [4.78, 5) is 4.63. The van der Waals surface area contributed by atoms with Crippen molar-refractivity contribution in [2.45, 2.75) is 19.9 Å². The van der Waals surface area contributed by atoms with Crippen molar-refractivity contribution in [2.24, 2.45) is 0 Å². The second kappa shape index (κ2) is 6.64. The third-order valence-corrected chi connectivity index (χ3v) is 5.03. The lowest BCUT2D eigenvalue weighted by atomic mass is 10.1. The number of aromatic nitrogens is 3. The zero-order valence-electron chi connectivity index (χ0n) is 15.4. The first-order valence-electron chi connectivity index (χ1n) is 9.28. The Balaban J connectivity index is 1.52. The van der Waals surface area contributed by atoms with Gasteiger partial charge in [0.1, 0.15) is 17.4 Å². The molecule has 0 saturated carbocycles. The molecule has 28 heavy (non-hydrogen) atoms. The fourth-order valence-electron chi connectivity index (χ4n) is 3.55. The Hall–Kier alpha value is -3.41. The highest BCUT2D eigenvalue weighted by molar-refractivity contribution is 5.68. The Morgan fingerprint density at radius 2 is 2.07 bits per heavy atom. The molecule has 0 spiro atoms. The molecule has 5 nitrogen and oxygen atoms in total. The van der Waals surface area contributed by atoms with Gasteiger partial charge in [0, 0.05) is 30.2 Å². The summed E-state index contributed by atoms with van der Waals surface area (Å²) in [5, 5.41) is 7.86. The predicted molar refractivity (Wildman–Crippen MR) is 106 cm³/mol. The van der Waals surface area contributed by atoms with Crippen LogP contribution in [-0.2, 0) is 13.0 Å². The molecule has 2 aromatic heterocycles. The van der Waals surface area contributed by atoms with Crippen molar-refractivity contribution in [1.29, 1.82) is 0 Å².